The normalized spacial score (nSPS) is 19.5. The molecule has 2 heterocycles. The maximum atomic E-state index is 13.0. The molecular weight excluding hydrogens is 348 g/mol. The van der Waals surface area contributed by atoms with E-state index in [0.29, 0.717) is 5.56 Å². The lowest BCUT2D eigenvalue weighted by atomic mass is 10.1. The summed E-state index contributed by atoms with van der Waals surface area (Å²) >= 11 is 0. The molecule has 28 heavy (non-hydrogen) atoms. The third kappa shape index (κ3) is 4.22. The van der Waals surface area contributed by atoms with Crippen molar-refractivity contribution in [3.63, 3.8) is 0 Å². The Kier molecular flexibility index (Phi) is 5.96. The number of anilines is 1. The van der Waals surface area contributed by atoms with Crippen molar-refractivity contribution >= 4 is 11.6 Å². The summed E-state index contributed by atoms with van der Waals surface area (Å²) in [5.74, 6) is 0.902. The van der Waals surface area contributed by atoms with Gasteiger partial charge in [-0.3, -0.25) is 4.79 Å². The van der Waals surface area contributed by atoms with E-state index >= 15 is 0 Å². The average molecular weight is 379 g/mol. The van der Waals surface area contributed by atoms with Gasteiger partial charge in [-0.1, -0.05) is 24.6 Å². The Morgan fingerprint density at radius 1 is 1.04 bits per heavy atom. The van der Waals surface area contributed by atoms with Crippen LogP contribution in [0.5, 0.6) is 5.75 Å². The predicted octanol–water partition coefficient (Wildman–Crippen LogP) is 4.53. The molecule has 0 aromatic heterocycles. The Balaban J connectivity index is 1.31. The molecule has 0 radical (unpaired) electrons. The molecule has 1 saturated heterocycles. The second kappa shape index (κ2) is 8.78. The Hall–Kier alpha value is -2.33. The summed E-state index contributed by atoms with van der Waals surface area (Å²) in [6, 6.07) is 16.0. The molecule has 0 aliphatic carbocycles. The third-order valence-corrected chi connectivity index (χ3v) is 5.86. The molecule has 0 bridgehead atoms. The quantitative estimate of drug-likeness (QED) is 0.692. The van der Waals surface area contributed by atoms with Crippen LogP contribution >= 0.6 is 0 Å². The number of carbonyl (C=O) groups is 1. The van der Waals surface area contributed by atoms with E-state index in [2.05, 4.69) is 17.9 Å². The van der Waals surface area contributed by atoms with Crippen molar-refractivity contribution in [2.24, 2.45) is 0 Å². The van der Waals surface area contributed by atoms with E-state index in [4.69, 9.17) is 4.74 Å². The van der Waals surface area contributed by atoms with Crippen molar-refractivity contribution in [1.82, 2.24) is 4.90 Å². The van der Waals surface area contributed by atoms with Gasteiger partial charge >= 0.3 is 0 Å². The zero-order valence-electron chi connectivity index (χ0n) is 16.8. The second-order valence-electron chi connectivity index (χ2n) is 7.99. The number of rotatable bonds is 6. The van der Waals surface area contributed by atoms with Gasteiger partial charge in [-0.05, 0) is 81.6 Å². The van der Waals surface area contributed by atoms with Crippen LogP contribution in [0.1, 0.15) is 48.5 Å². The van der Waals surface area contributed by atoms with E-state index in [1.54, 1.807) is 0 Å². The molecule has 4 rings (SSSR count). The predicted molar refractivity (Wildman–Crippen MR) is 113 cm³/mol. The minimum Gasteiger partial charge on any atom is -0.494 e. The minimum atomic E-state index is 0.0640. The number of amides is 1. The van der Waals surface area contributed by atoms with Crippen molar-refractivity contribution in [3.8, 4) is 5.75 Å². The fourth-order valence-corrected chi connectivity index (χ4v) is 4.37. The molecule has 1 amide bonds. The lowest BCUT2D eigenvalue weighted by molar-refractivity contribution is 0.0981. The number of fused-ring (bicyclic) bond motifs is 1. The summed E-state index contributed by atoms with van der Waals surface area (Å²) in [6.45, 7) is 6.41. The summed E-state index contributed by atoms with van der Waals surface area (Å²) in [7, 11) is 0. The zero-order chi connectivity index (χ0) is 19.3. The number of likely N-dealkylation sites (tertiary alicyclic amines) is 1. The van der Waals surface area contributed by atoms with Gasteiger partial charge in [0.05, 0.1) is 6.61 Å². The fraction of sp³-hybridized carbons (Fsp3) is 0.458. The van der Waals surface area contributed by atoms with Gasteiger partial charge in [-0.15, -0.1) is 0 Å². The lowest BCUT2D eigenvalue weighted by Crippen LogP contribution is -2.35. The van der Waals surface area contributed by atoms with Crippen LogP contribution in [0.25, 0.3) is 0 Å². The van der Waals surface area contributed by atoms with E-state index in [9.17, 15) is 4.79 Å². The van der Waals surface area contributed by atoms with Gasteiger partial charge in [0.15, 0.2) is 0 Å². The van der Waals surface area contributed by atoms with Gasteiger partial charge in [0, 0.05) is 23.8 Å². The molecule has 2 aliphatic rings. The molecule has 4 heteroatoms. The zero-order valence-corrected chi connectivity index (χ0v) is 16.8. The van der Waals surface area contributed by atoms with Gasteiger partial charge in [0.2, 0.25) is 0 Å². The lowest BCUT2D eigenvalue weighted by Gasteiger charge is -2.26. The molecule has 2 aromatic rings. The highest BCUT2D eigenvalue weighted by Crippen LogP contribution is 2.33. The average Bonchev–Trinajstić information content (AvgIpc) is 3.07. The van der Waals surface area contributed by atoms with Gasteiger partial charge in [0.1, 0.15) is 5.75 Å². The first-order chi connectivity index (χ1) is 13.7. The van der Waals surface area contributed by atoms with Gasteiger partial charge < -0.3 is 14.5 Å². The molecular formula is C24H30N2O2. The molecule has 2 aromatic carbocycles. The summed E-state index contributed by atoms with van der Waals surface area (Å²) in [4.78, 5) is 17.5. The minimum absolute atomic E-state index is 0.0640. The monoisotopic (exact) mass is 378 g/mol. The van der Waals surface area contributed by atoms with Crippen LogP contribution in [0.15, 0.2) is 48.5 Å². The van der Waals surface area contributed by atoms with Crippen molar-refractivity contribution < 1.29 is 9.53 Å². The SMILES string of the molecule is CC1Cc2ccccc2N1C(=O)c1ccc(OCCCN2CCCCC2)cc1. The highest BCUT2D eigenvalue weighted by atomic mass is 16.5. The number of hydrogen-bond donors (Lipinski definition) is 0. The van der Waals surface area contributed by atoms with Crippen molar-refractivity contribution in [2.45, 2.75) is 45.1 Å². The number of para-hydroxylation sites is 1. The molecule has 2 aliphatic heterocycles. The number of piperidine rings is 1. The number of nitrogens with zero attached hydrogens (tertiary/aromatic N) is 2. The molecule has 4 nitrogen and oxygen atoms in total. The van der Waals surface area contributed by atoms with E-state index in [1.165, 1.54) is 37.9 Å². The molecule has 1 fully saturated rings. The largest absolute Gasteiger partial charge is 0.494 e. The second-order valence-corrected chi connectivity index (χ2v) is 7.99. The van der Waals surface area contributed by atoms with Crippen LogP contribution in [0, 0.1) is 0 Å². The number of benzene rings is 2. The molecule has 148 valence electrons. The molecule has 1 atom stereocenters. The maximum Gasteiger partial charge on any atom is 0.258 e. The van der Waals surface area contributed by atoms with Crippen LogP contribution in [0.2, 0.25) is 0 Å². The topological polar surface area (TPSA) is 32.8 Å². The number of ether oxygens (including phenoxy) is 1. The summed E-state index contributed by atoms with van der Waals surface area (Å²) < 4.78 is 5.88. The van der Waals surface area contributed by atoms with E-state index < -0.39 is 0 Å². The molecule has 1 unspecified atom stereocenters. The number of carbonyl (C=O) groups excluding carboxylic acids is 1. The van der Waals surface area contributed by atoms with Crippen LogP contribution < -0.4 is 9.64 Å². The highest BCUT2D eigenvalue weighted by molar-refractivity contribution is 6.07. The first-order valence-corrected chi connectivity index (χ1v) is 10.6. The summed E-state index contributed by atoms with van der Waals surface area (Å²) in [5, 5.41) is 0. The highest BCUT2D eigenvalue weighted by Gasteiger charge is 2.31. The van der Waals surface area contributed by atoms with Crippen LogP contribution in [0.3, 0.4) is 0 Å². The standard InChI is InChI=1S/C24H30N2O2/c1-19-18-21-8-3-4-9-23(21)26(19)24(27)20-10-12-22(13-11-20)28-17-7-16-25-14-5-2-6-15-25/h3-4,8-13,19H,2,5-7,14-18H2,1H3. The Morgan fingerprint density at radius 2 is 1.79 bits per heavy atom. The van der Waals surface area contributed by atoms with E-state index in [-0.39, 0.29) is 11.9 Å². The van der Waals surface area contributed by atoms with E-state index in [0.717, 1.165) is 37.4 Å². The van der Waals surface area contributed by atoms with Crippen molar-refractivity contribution in [2.75, 3.05) is 31.1 Å². The summed E-state index contributed by atoms with van der Waals surface area (Å²) in [6.07, 6.45) is 6.00. The smallest absolute Gasteiger partial charge is 0.258 e. The Labute approximate surface area is 168 Å². The van der Waals surface area contributed by atoms with E-state index in [1.807, 2.05) is 47.4 Å². The maximum absolute atomic E-state index is 13.0. The first kappa shape index (κ1) is 19.0. The van der Waals surface area contributed by atoms with Crippen LogP contribution in [-0.2, 0) is 6.42 Å². The number of hydrogen-bond acceptors (Lipinski definition) is 3. The van der Waals surface area contributed by atoms with Gasteiger partial charge in [-0.2, -0.15) is 0 Å². The molecule has 0 saturated carbocycles. The molecule has 0 N–H and O–H groups in total. The fourth-order valence-electron chi connectivity index (χ4n) is 4.37. The van der Waals surface area contributed by atoms with Crippen molar-refractivity contribution in [1.29, 1.82) is 0 Å². The van der Waals surface area contributed by atoms with Gasteiger partial charge in [0.25, 0.3) is 5.91 Å². The third-order valence-electron chi connectivity index (χ3n) is 5.86. The van der Waals surface area contributed by atoms with Crippen LogP contribution in [-0.4, -0.2) is 43.1 Å². The van der Waals surface area contributed by atoms with Crippen molar-refractivity contribution in [3.05, 3.63) is 59.7 Å². The van der Waals surface area contributed by atoms with Gasteiger partial charge in [-0.25, -0.2) is 0 Å². The Morgan fingerprint density at radius 3 is 2.57 bits per heavy atom. The Bertz CT molecular complexity index is 797. The van der Waals surface area contributed by atoms with Crippen LogP contribution in [0.4, 0.5) is 5.69 Å². The summed E-state index contributed by atoms with van der Waals surface area (Å²) in [5.41, 5.74) is 3.00. The molecule has 0 spiro atoms. The first-order valence-electron chi connectivity index (χ1n) is 10.6.